The minimum Gasteiger partial charge on any atom is -0.399 e. The van der Waals surface area contributed by atoms with Gasteiger partial charge < -0.3 is 9.31 Å². The van der Waals surface area contributed by atoms with E-state index in [-0.39, 0.29) is 0 Å². The highest BCUT2D eigenvalue weighted by atomic mass is 32.1. The van der Waals surface area contributed by atoms with Crippen molar-refractivity contribution in [3.05, 3.63) is 11.2 Å². The van der Waals surface area contributed by atoms with Gasteiger partial charge in [0.05, 0.1) is 16.0 Å². The first-order valence-corrected chi connectivity index (χ1v) is 6.23. The smallest absolute Gasteiger partial charge is 0.399 e. The molecule has 0 N–H and O–H groups in total. The number of hydrogen-bond donors (Lipinski definition) is 0. The Balaban J connectivity index is 2.23. The van der Waals surface area contributed by atoms with E-state index in [1.165, 1.54) is 0 Å². The van der Waals surface area contributed by atoms with E-state index in [4.69, 9.17) is 9.31 Å². The Morgan fingerprint density at radius 3 is 2.06 bits per heavy atom. The molecule has 0 bridgehead atoms. The maximum atomic E-state index is 12.5. The van der Waals surface area contributed by atoms with Crippen LogP contribution in [-0.2, 0) is 15.5 Å². The fourth-order valence-electron chi connectivity index (χ4n) is 1.49. The van der Waals surface area contributed by atoms with Gasteiger partial charge in [0, 0.05) is 6.20 Å². The fraction of sp³-hybridized carbons (Fsp3) is 0.700. The van der Waals surface area contributed by atoms with Gasteiger partial charge in [0.15, 0.2) is 5.01 Å². The molecule has 0 aliphatic carbocycles. The molecule has 1 aromatic rings. The van der Waals surface area contributed by atoms with Crippen LogP contribution in [0.5, 0.6) is 0 Å². The molecule has 18 heavy (non-hydrogen) atoms. The van der Waals surface area contributed by atoms with E-state index in [2.05, 4.69) is 4.98 Å². The highest BCUT2D eigenvalue weighted by molar-refractivity contribution is 7.22. The first-order chi connectivity index (χ1) is 8.03. The first-order valence-electron chi connectivity index (χ1n) is 5.41. The van der Waals surface area contributed by atoms with Gasteiger partial charge in [-0.15, -0.1) is 11.3 Å². The fourth-order valence-corrected chi connectivity index (χ4v) is 2.23. The van der Waals surface area contributed by atoms with Crippen LogP contribution in [0.3, 0.4) is 0 Å². The molecule has 0 radical (unpaired) electrons. The molecule has 1 aromatic heterocycles. The van der Waals surface area contributed by atoms with Crippen molar-refractivity contribution in [2.24, 2.45) is 0 Å². The average Bonchev–Trinajstić information content (AvgIpc) is 2.69. The van der Waals surface area contributed by atoms with Crippen molar-refractivity contribution in [2.75, 3.05) is 0 Å². The maximum Gasteiger partial charge on any atom is 0.507 e. The average molecular weight is 279 g/mol. The van der Waals surface area contributed by atoms with Crippen LogP contribution in [0.4, 0.5) is 13.2 Å². The summed E-state index contributed by atoms with van der Waals surface area (Å²) in [5.41, 5.74) is -1.14. The lowest BCUT2D eigenvalue weighted by atomic mass is 9.89. The second-order valence-electron chi connectivity index (χ2n) is 5.15. The lowest BCUT2D eigenvalue weighted by Gasteiger charge is -2.32. The van der Waals surface area contributed by atoms with Crippen molar-refractivity contribution in [3.8, 4) is 0 Å². The van der Waals surface area contributed by atoms with Crippen LogP contribution < -0.4 is 4.78 Å². The van der Waals surface area contributed by atoms with Crippen LogP contribution in [0, 0.1) is 0 Å². The summed E-state index contributed by atoms with van der Waals surface area (Å²) < 4.78 is 49.0. The van der Waals surface area contributed by atoms with Gasteiger partial charge in [-0.25, -0.2) is 4.98 Å². The minimum absolute atomic E-state index is 0.334. The summed E-state index contributed by atoms with van der Waals surface area (Å²) in [6, 6.07) is 0. The van der Waals surface area contributed by atoms with Crippen LogP contribution in [0.2, 0.25) is 0 Å². The lowest BCUT2D eigenvalue weighted by molar-refractivity contribution is -0.137. The van der Waals surface area contributed by atoms with Crippen molar-refractivity contribution < 1.29 is 22.5 Å². The number of nitrogens with zero attached hydrogens (tertiary/aromatic N) is 1. The number of hydrogen-bond acceptors (Lipinski definition) is 4. The molecular formula is C10H13BF3NO2S. The Morgan fingerprint density at radius 1 is 1.17 bits per heavy atom. The summed E-state index contributed by atoms with van der Waals surface area (Å²) in [7, 11) is -0.788. The predicted molar refractivity (Wildman–Crippen MR) is 62.8 cm³/mol. The van der Waals surface area contributed by atoms with Gasteiger partial charge in [-0.2, -0.15) is 13.2 Å². The zero-order valence-corrected chi connectivity index (χ0v) is 11.3. The zero-order chi connectivity index (χ0) is 13.8. The molecule has 1 saturated heterocycles. The zero-order valence-electron chi connectivity index (χ0n) is 10.5. The van der Waals surface area contributed by atoms with Crippen molar-refractivity contribution in [1.29, 1.82) is 0 Å². The highest BCUT2D eigenvalue weighted by Gasteiger charge is 2.52. The number of halogens is 3. The summed E-state index contributed by atoms with van der Waals surface area (Å²) in [5, 5.41) is -0.882. The van der Waals surface area contributed by atoms with Crippen molar-refractivity contribution in [2.45, 2.75) is 45.1 Å². The quantitative estimate of drug-likeness (QED) is 0.740. The molecule has 2 heterocycles. The van der Waals surface area contributed by atoms with Gasteiger partial charge in [0.25, 0.3) is 0 Å². The third-order valence-electron chi connectivity index (χ3n) is 3.25. The van der Waals surface area contributed by atoms with E-state index < -0.39 is 29.5 Å². The third kappa shape index (κ3) is 2.28. The Kier molecular flexibility index (Phi) is 3.03. The number of rotatable bonds is 1. The van der Waals surface area contributed by atoms with Crippen LogP contribution in [0.25, 0.3) is 0 Å². The second kappa shape index (κ2) is 3.95. The SMILES string of the molecule is CC1(C)OB(c2cnc(C(F)(F)F)s2)OC1(C)C. The first kappa shape index (κ1) is 13.8. The molecule has 0 saturated carbocycles. The lowest BCUT2D eigenvalue weighted by Crippen LogP contribution is -2.41. The molecule has 100 valence electrons. The van der Waals surface area contributed by atoms with E-state index in [1.807, 2.05) is 27.7 Å². The topological polar surface area (TPSA) is 31.4 Å². The van der Waals surface area contributed by atoms with E-state index in [0.717, 1.165) is 6.20 Å². The molecule has 1 aliphatic rings. The Bertz CT molecular complexity index is 442. The van der Waals surface area contributed by atoms with E-state index in [0.29, 0.717) is 16.1 Å². The molecule has 8 heteroatoms. The molecule has 0 atom stereocenters. The molecule has 1 fully saturated rings. The standard InChI is InChI=1S/C10H13BF3NO2S/c1-8(2)9(3,4)17-11(16-8)6-5-15-7(18-6)10(12,13)14/h5H,1-4H3. The molecule has 0 amide bonds. The minimum atomic E-state index is -4.42. The monoisotopic (exact) mass is 279 g/mol. The Morgan fingerprint density at radius 2 is 1.67 bits per heavy atom. The van der Waals surface area contributed by atoms with Gasteiger partial charge in [-0.3, -0.25) is 0 Å². The second-order valence-corrected chi connectivity index (χ2v) is 6.22. The summed E-state index contributed by atoms with van der Waals surface area (Å²) in [4.78, 5) is 3.36. The normalized spacial score (nSPS) is 22.5. The van der Waals surface area contributed by atoms with Crippen LogP contribution in [-0.4, -0.2) is 23.3 Å². The predicted octanol–water partition coefficient (Wildman–Crippen LogP) is 2.46. The summed E-state index contributed by atoms with van der Waals surface area (Å²) >= 11 is 0.552. The molecule has 3 nitrogen and oxygen atoms in total. The summed E-state index contributed by atoms with van der Waals surface area (Å²) in [6.07, 6.45) is -3.26. The Labute approximate surface area is 107 Å². The van der Waals surface area contributed by atoms with Crippen LogP contribution in [0.15, 0.2) is 6.20 Å². The number of alkyl halides is 3. The summed E-state index contributed by atoms with van der Waals surface area (Å²) in [5.74, 6) is 0. The van der Waals surface area contributed by atoms with Gasteiger partial charge >= 0.3 is 13.3 Å². The van der Waals surface area contributed by atoms with Crippen molar-refractivity contribution in [3.63, 3.8) is 0 Å². The highest BCUT2D eigenvalue weighted by Crippen LogP contribution is 2.37. The van der Waals surface area contributed by atoms with Gasteiger partial charge in [0.1, 0.15) is 0 Å². The van der Waals surface area contributed by atoms with Crippen LogP contribution >= 0.6 is 11.3 Å². The van der Waals surface area contributed by atoms with E-state index in [9.17, 15) is 13.2 Å². The molecule has 2 rings (SSSR count). The van der Waals surface area contributed by atoms with Gasteiger partial charge in [0.2, 0.25) is 0 Å². The molecule has 1 aliphatic heterocycles. The van der Waals surface area contributed by atoms with E-state index >= 15 is 0 Å². The molecular weight excluding hydrogens is 266 g/mol. The summed E-state index contributed by atoms with van der Waals surface area (Å²) in [6.45, 7) is 7.38. The van der Waals surface area contributed by atoms with Gasteiger partial charge in [-0.1, -0.05) is 0 Å². The number of thiazole rings is 1. The van der Waals surface area contributed by atoms with Gasteiger partial charge in [-0.05, 0) is 27.7 Å². The van der Waals surface area contributed by atoms with Crippen molar-refractivity contribution >= 4 is 23.2 Å². The van der Waals surface area contributed by atoms with E-state index in [1.54, 1.807) is 0 Å². The maximum absolute atomic E-state index is 12.5. The Hall–Kier alpha value is -0.595. The third-order valence-corrected chi connectivity index (χ3v) is 4.32. The largest absolute Gasteiger partial charge is 0.507 e. The number of aromatic nitrogens is 1. The molecule has 0 unspecified atom stereocenters. The van der Waals surface area contributed by atoms with Crippen LogP contribution in [0.1, 0.15) is 32.7 Å². The van der Waals surface area contributed by atoms with Crippen molar-refractivity contribution in [1.82, 2.24) is 4.98 Å². The molecule has 0 spiro atoms. The molecule has 0 aromatic carbocycles.